The minimum atomic E-state index is 0. The standard InChI is InChI=1S/4C16H29O.4Y/c4*1-6-7-8-15(17)14-11-16(4,5)10-9-13(14)12(2)3;;;;/h4*6,12-14H,7-11H2,1-5H3;;;;/q4*-1;;;;/t2*13-,14+;2*13-,14-;;;;/m1010..../s1. The molecule has 8 atom stereocenters. The van der Waals surface area contributed by atoms with Crippen LogP contribution in [0.2, 0.25) is 0 Å². The SMILES string of the molecule is C[CH-]CCC(=O)[C@@H]1CC(C)(C)CC[C@@H]1C(C)C.C[CH-]CCC(=O)[C@@H]1CC(C)(C)CC[C@H]1C(C)C.C[CH-]CCC(=O)[C@H]1CC(C)(C)CC[C@@H]1C(C)C.C[CH-]CCC(=O)[C@H]1CC(C)(C)CC[C@H]1C(C)C.[Y].[Y].[Y].[Y]. The van der Waals surface area contributed by atoms with Crippen LogP contribution >= 0.6 is 0 Å². The Morgan fingerprint density at radius 1 is 0.347 bits per heavy atom. The third-order valence-electron chi connectivity index (χ3n) is 17.6. The number of carbonyl (C=O) groups is 4. The Morgan fingerprint density at radius 3 is 0.625 bits per heavy atom. The number of hydrogen-bond acceptors (Lipinski definition) is 4. The van der Waals surface area contributed by atoms with Crippen molar-refractivity contribution in [3.63, 3.8) is 0 Å². The normalized spacial score (nSPS) is 26.8. The number of Topliss-reactive ketones (excluding diaryl/α,β-unsaturated/α-hetero) is 4. The molecule has 0 aromatic heterocycles. The molecule has 0 saturated heterocycles. The Hall–Kier alpha value is 3.10. The average Bonchev–Trinajstić information content (AvgIpc) is 3.24. The number of unbranched alkanes of at least 4 members (excludes halogenated alkanes) is 4. The fraction of sp³-hybridized carbons (Fsp3) is 0.875. The molecule has 72 heavy (non-hydrogen) atoms. The molecule has 4 aliphatic rings. The van der Waals surface area contributed by atoms with Crippen molar-refractivity contribution >= 4 is 23.1 Å². The summed E-state index contributed by atoms with van der Waals surface area (Å²) in [5.74, 6) is 8.36. The van der Waals surface area contributed by atoms with Gasteiger partial charge in [-0.25, -0.2) is 0 Å². The zero-order valence-corrected chi connectivity index (χ0v) is 62.7. The fourth-order valence-electron chi connectivity index (χ4n) is 12.9. The van der Waals surface area contributed by atoms with Gasteiger partial charge in [-0.2, -0.15) is 53.4 Å². The quantitative estimate of drug-likeness (QED) is 0.114. The summed E-state index contributed by atoms with van der Waals surface area (Å²) in [6.07, 6.45) is 29.6. The number of hydrogen-bond donors (Lipinski definition) is 0. The van der Waals surface area contributed by atoms with Gasteiger partial charge in [-0.15, -0.1) is 0 Å². The molecule has 0 N–H and O–H groups in total. The zero-order chi connectivity index (χ0) is 52.2. The van der Waals surface area contributed by atoms with E-state index in [1.165, 1.54) is 51.4 Å². The van der Waals surface area contributed by atoms with Crippen LogP contribution in [-0.2, 0) is 150 Å². The van der Waals surface area contributed by atoms with Crippen molar-refractivity contribution in [3.05, 3.63) is 25.7 Å². The summed E-state index contributed by atoms with van der Waals surface area (Å²) in [4.78, 5) is 49.4. The molecule has 0 aromatic rings. The van der Waals surface area contributed by atoms with Crippen LogP contribution in [-0.4, -0.2) is 23.1 Å². The van der Waals surface area contributed by atoms with Crippen molar-refractivity contribution in [2.75, 3.05) is 0 Å². The summed E-state index contributed by atoms with van der Waals surface area (Å²) >= 11 is 0. The molecule has 4 saturated carbocycles. The predicted molar refractivity (Wildman–Crippen MR) is 295 cm³/mol. The van der Waals surface area contributed by atoms with Gasteiger partial charge in [0.1, 0.15) is 23.1 Å². The van der Waals surface area contributed by atoms with Gasteiger partial charge in [-0.1, -0.05) is 111 Å². The summed E-state index contributed by atoms with van der Waals surface area (Å²) in [6, 6.07) is 0. The minimum Gasteiger partial charge on any atom is -0.331 e. The van der Waals surface area contributed by atoms with E-state index in [1.807, 2.05) is 27.7 Å². The summed E-state index contributed by atoms with van der Waals surface area (Å²) in [6.45, 7) is 44.9. The minimum absolute atomic E-state index is 0. The van der Waals surface area contributed by atoms with Crippen molar-refractivity contribution in [1.82, 2.24) is 0 Å². The molecule has 0 spiro atoms. The molecule has 0 unspecified atom stereocenters. The van der Waals surface area contributed by atoms with E-state index in [2.05, 4.69) is 136 Å². The van der Waals surface area contributed by atoms with Gasteiger partial charge in [0, 0.05) is 155 Å². The van der Waals surface area contributed by atoms with Crippen molar-refractivity contribution in [2.45, 2.75) is 267 Å². The molecule has 4 fully saturated rings. The summed E-state index contributed by atoms with van der Waals surface area (Å²) in [7, 11) is 0. The van der Waals surface area contributed by atoms with Gasteiger partial charge < -0.3 is 25.7 Å². The molecule has 0 amide bonds. The Balaban J connectivity index is -0.000000420. The summed E-state index contributed by atoms with van der Waals surface area (Å²) in [5.41, 5.74) is 1.45. The summed E-state index contributed by atoms with van der Waals surface area (Å²) in [5, 5.41) is 0. The van der Waals surface area contributed by atoms with Crippen LogP contribution in [0.15, 0.2) is 0 Å². The van der Waals surface area contributed by atoms with Crippen LogP contribution in [0.3, 0.4) is 0 Å². The van der Waals surface area contributed by atoms with Crippen LogP contribution in [0, 0.1) is 118 Å². The van der Waals surface area contributed by atoms with Crippen molar-refractivity contribution in [3.8, 4) is 0 Å². The molecule has 8 heteroatoms. The van der Waals surface area contributed by atoms with Crippen LogP contribution in [0.4, 0.5) is 0 Å². The van der Waals surface area contributed by atoms with Crippen LogP contribution in [0.25, 0.3) is 0 Å². The monoisotopic (exact) mass is 1300 g/mol. The van der Waals surface area contributed by atoms with Gasteiger partial charge in [0.25, 0.3) is 0 Å². The number of carbonyl (C=O) groups excluding carboxylic acids is 4. The Kier molecular flexibility index (Phi) is 45.7. The van der Waals surface area contributed by atoms with E-state index in [9.17, 15) is 19.2 Å². The first-order chi connectivity index (χ1) is 31.5. The molecule has 412 valence electrons. The smallest absolute Gasteiger partial charge is 0.133 e. The molecule has 0 aliphatic heterocycles. The van der Waals surface area contributed by atoms with Crippen molar-refractivity contribution in [1.29, 1.82) is 0 Å². The summed E-state index contributed by atoms with van der Waals surface area (Å²) < 4.78 is 0. The molecule has 4 rings (SSSR count). The van der Waals surface area contributed by atoms with Crippen LogP contribution < -0.4 is 0 Å². The topological polar surface area (TPSA) is 68.3 Å². The van der Waals surface area contributed by atoms with E-state index < -0.39 is 0 Å². The molecular weight excluding hydrogens is 1190 g/mol. The molecule has 4 aliphatic carbocycles. The number of ketones is 4. The second-order valence-corrected chi connectivity index (χ2v) is 27.3. The van der Waals surface area contributed by atoms with Crippen molar-refractivity contribution < 1.29 is 150 Å². The number of rotatable bonds is 20. The first-order valence-corrected chi connectivity index (χ1v) is 28.7. The molecule has 0 heterocycles. The largest absolute Gasteiger partial charge is 0.331 e. The first-order valence-electron chi connectivity index (χ1n) is 28.7. The third-order valence-corrected chi connectivity index (χ3v) is 17.6. The van der Waals surface area contributed by atoms with Crippen LogP contribution in [0.5, 0.6) is 0 Å². The first kappa shape index (κ1) is 81.6. The molecule has 0 aromatic carbocycles. The Morgan fingerprint density at radius 2 is 0.500 bits per heavy atom. The van der Waals surface area contributed by atoms with Gasteiger partial charge in [0.05, 0.1) is 0 Å². The maximum absolute atomic E-state index is 12.3. The second kappa shape index (κ2) is 40.3. The van der Waals surface area contributed by atoms with Gasteiger partial charge in [0.2, 0.25) is 0 Å². The van der Waals surface area contributed by atoms with E-state index in [0.29, 0.717) is 116 Å². The van der Waals surface area contributed by atoms with E-state index in [4.69, 9.17) is 0 Å². The Bertz CT molecular complexity index is 1250. The third kappa shape index (κ3) is 30.8. The fourth-order valence-corrected chi connectivity index (χ4v) is 12.9. The molecule has 4 nitrogen and oxygen atoms in total. The predicted octanol–water partition coefficient (Wildman–Crippen LogP) is 18.6. The maximum atomic E-state index is 12.3. The van der Waals surface area contributed by atoms with E-state index in [0.717, 1.165) is 77.0 Å². The molecular formula is C64H116O4Y4-4. The van der Waals surface area contributed by atoms with Gasteiger partial charge >= 0.3 is 0 Å². The average molecular weight is 1310 g/mol. The van der Waals surface area contributed by atoms with Gasteiger partial charge in [-0.3, -0.25) is 19.2 Å². The molecule has 4 radical (unpaired) electrons. The van der Waals surface area contributed by atoms with Gasteiger partial charge in [0.15, 0.2) is 0 Å². The van der Waals surface area contributed by atoms with E-state index >= 15 is 0 Å². The van der Waals surface area contributed by atoms with Crippen molar-refractivity contribution in [2.24, 2.45) is 92.7 Å². The van der Waals surface area contributed by atoms with E-state index in [-0.39, 0.29) is 131 Å². The maximum Gasteiger partial charge on any atom is 0.133 e. The molecule has 0 bridgehead atoms. The van der Waals surface area contributed by atoms with Crippen LogP contribution in [0.1, 0.15) is 267 Å². The second-order valence-electron chi connectivity index (χ2n) is 27.3. The van der Waals surface area contributed by atoms with Gasteiger partial charge in [-0.05, 0) is 172 Å². The Labute approximate surface area is 551 Å². The van der Waals surface area contributed by atoms with E-state index in [1.54, 1.807) is 0 Å². The zero-order valence-electron chi connectivity index (χ0n) is 51.3.